The normalized spacial score (nSPS) is 18.0. The molecule has 1 N–H and O–H groups in total. The van der Waals surface area contributed by atoms with E-state index >= 15 is 0 Å². The van der Waals surface area contributed by atoms with Crippen molar-refractivity contribution >= 4 is 5.97 Å². The molecule has 0 saturated heterocycles. The summed E-state index contributed by atoms with van der Waals surface area (Å²) in [6.07, 6.45) is -2.46. The fourth-order valence-corrected chi connectivity index (χ4v) is 2.84. The number of hydrogen-bond donors (Lipinski definition) is 1. The number of methoxy groups -OCH3 is 1. The second-order valence-electron chi connectivity index (χ2n) is 5.01. The van der Waals surface area contributed by atoms with E-state index in [1.807, 2.05) is 0 Å². The lowest BCUT2D eigenvalue weighted by molar-refractivity contribution is -0.144. The van der Waals surface area contributed by atoms with Gasteiger partial charge in [-0.15, -0.1) is 0 Å². The first-order valence-corrected chi connectivity index (χ1v) is 6.30. The van der Waals surface area contributed by atoms with E-state index in [9.17, 15) is 23.1 Å². The number of alkyl halides is 3. The van der Waals surface area contributed by atoms with Crippen molar-refractivity contribution in [3.63, 3.8) is 0 Å². The molecule has 1 aliphatic carbocycles. The second kappa shape index (κ2) is 5.00. The topological polar surface area (TPSA) is 46.5 Å². The first-order chi connectivity index (χ1) is 9.31. The van der Waals surface area contributed by atoms with Crippen molar-refractivity contribution in [3.05, 3.63) is 29.3 Å². The molecule has 0 amide bonds. The lowest BCUT2D eigenvalue weighted by atomic mass is 9.78. The Morgan fingerprint density at radius 3 is 2.35 bits per heavy atom. The number of halogens is 3. The van der Waals surface area contributed by atoms with Crippen molar-refractivity contribution < 1.29 is 27.8 Å². The molecule has 0 heterocycles. The molecule has 0 aliphatic heterocycles. The van der Waals surface area contributed by atoms with Crippen molar-refractivity contribution in [2.45, 2.75) is 37.3 Å². The van der Waals surface area contributed by atoms with Gasteiger partial charge in [-0.05, 0) is 31.0 Å². The Hall–Kier alpha value is -1.72. The SMILES string of the molecule is COc1ccc(C(F)(F)F)cc1C1(C(=O)O)CCCC1. The molecule has 0 radical (unpaired) electrons. The van der Waals surface area contributed by atoms with Gasteiger partial charge in [0.2, 0.25) is 0 Å². The number of carboxylic acid groups (broad SMARTS) is 1. The van der Waals surface area contributed by atoms with Crippen LogP contribution in [0.5, 0.6) is 5.75 Å². The predicted octanol–water partition coefficient (Wildman–Crippen LogP) is 3.61. The summed E-state index contributed by atoms with van der Waals surface area (Å²) >= 11 is 0. The van der Waals surface area contributed by atoms with Gasteiger partial charge in [-0.1, -0.05) is 12.8 Å². The van der Waals surface area contributed by atoms with Crippen LogP contribution in [0.1, 0.15) is 36.8 Å². The summed E-state index contributed by atoms with van der Waals surface area (Å²) in [5.74, 6) is -0.894. The van der Waals surface area contributed by atoms with Gasteiger partial charge in [0.15, 0.2) is 0 Å². The molecule has 0 bridgehead atoms. The van der Waals surface area contributed by atoms with E-state index in [2.05, 4.69) is 0 Å². The van der Waals surface area contributed by atoms with Gasteiger partial charge < -0.3 is 9.84 Å². The third-order valence-corrected chi connectivity index (χ3v) is 3.91. The Morgan fingerprint density at radius 2 is 1.90 bits per heavy atom. The van der Waals surface area contributed by atoms with Gasteiger partial charge in [-0.2, -0.15) is 13.2 Å². The van der Waals surface area contributed by atoms with Crippen LogP contribution in [0.15, 0.2) is 18.2 Å². The maximum absolute atomic E-state index is 12.8. The quantitative estimate of drug-likeness (QED) is 0.924. The number of carboxylic acids is 1. The Balaban J connectivity index is 2.61. The molecule has 6 heteroatoms. The number of rotatable bonds is 3. The standard InChI is InChI=1S/C14H15F3O3/c1-20-11-5-4-9(14(15,16)17)8-10(11)13(12(18)19)6-2-3-7-13/h4-5,8H,2-3,6-7H2,1H3,(H,18,19). The number of ether oxygens (including phenoxy) is 1. The molecule has 0 atom stereocenters. The minimum atomic E-state index is -4.50. The van der Waals surface area contributed by atoms with Crippen molar-refractivity contribution in [2.24, 2.45) is 0 Å². The lowest BCUT2D eigenvalue weighted by Crippen LogP contribution is -2.33. The van der Waals surface area contributed by atoms with Crippen LogP contribution >= 0.6 is 0 Å². The smallest absolute Gasteiger partial charge is 0.416 e. The molecule has 1 aromatic rings. The molecule has 1 saturated carbocycles. The predicted molar refractivity (Wildman–Crippen MR) is 65.8 cm³/mol. The van der Waals surface area contributed by atoms with Gasteiger partial charge in [0, 0.05) is 5.56 Å². The zero-order valence-corrected chi connectivity index (χ0v) is 11.0. The van der Waals surface area contributed by atoms with Gasteiger partial charge in [0.05, 0.1) is 18.1 Å². The average molecular weight is 288 g/mol. The summed E-state index contributed by atoms with van der Waals surface area (Å²) in [6.45, 7) is 0. The fraction of sp³-hybridized carbons (Fsp3) is 0.500. The third-order valence-electron chi connectivity index (χ3n) is 3.91. The molecular weight excluding hydrogens is 273 g/mol. The Bertz CT molecular complexity index is 517. The highest BCUT2D eigenvalue weighted by Gasteiger charge is 2.46. The Labute approximate surface area is 114 Å². The van der Waals surface area contributed by atoms with E-state index in [1.165, 1.54) is 13.2 Å². The number of aliphatic carboxylic acids is 1. The van der Waals surface area contributed by atoms with Gasteiger partial charge >= 0.3 is 12.1 Å². The molecule has 1 fully saturated rings. The highest BCUT2D eigenvalue weighted by molar-refractivity contribution is 5.83. The zero-order chi connectivity index (χ0) is 15.0. The van der Waals surface area contributed by atoms with E-state index in [-0.39, 0.29) is 11.3 Å². The zero-order valence-electron chi connectivity index (χ0n) is 11.0. The number of benzene rings is 1. The molecule has 20 heavy (non-hydrogen) atoms. The summed E-state index contributed by atoms with van der Waals surface area (Å²) < 4.78 is 43.6. The molecule has 0 spiro atoms. The van der Waals surface area contributed by atoms with Crippen LogP contribution in [0.4, 0.5) is 13.2 Å². The Morgan fingerprint density at radius 1 is 1.30 bits per heavy atom. The largest absolute Gasteiger partial charge is 0.496 e. The summed E-state index contributed by atoms with van der Waals surface area (Å²) in [4.78, 5) is 11.6. The minimum Gasteiger partial charge on any atom is -0.496 e. The molecule has 0 aromatic heterocycles. The van der Waals surface area contributed by atoms with E-state index < -0.39 is 23.1 Å². The molecule has 1 aromatic carbocycles. The number of hydrogen-bond acceptors (Lipinski definition) is 2. The van der Waals surface area contributed by atoms with E-state index in [4.69, 9.17) is 4.74 Å². The van der Waals surface area contributed by atoms with Crippen LogP contribution in [0, 0.1) is 0 Å². The van der Waals surface area contributed by atoms with Crippen LogP contribution < -0.4 is 4.74 Å². The van der Waals surface area contributed by atoms with Crippen molar-refractivity contribution in [2.75, 3.05) is 7.11 Å². The van der Waals surface area contributed by atoms with Gasteiger partial charge in [-0.3, -0.25) is 4.79 Å². The van der Waals surface area contributed by atoms with Crippen molar-refractivity contribution in [1.82, 2.24) is 0 Å². The first kappa shape index (κ1) is 14.7. The minimum absolute atomic E-state index is 0.125. The van der Waals surface area contributed by atoms with E-state index in [0.717, 1.165) is 12.1 Å². The van der Waals surface area contributed by atoms with Gasteiger partial charge in [0.25, 0.3) is 0 Å². The number of carbonyl (C=O) groups is 1. The van der Waals surface area contributed by atoms with Crippen LogP contribution in [-0.2, 0) is 16.4 Å². The van der Waals surface area contributed by atoms with Crippen molar-refractivity contribution in [1.29, 1.82) is 0 Å². The maximum Gasteiger partial charge on any atom is 0.416 e. The van der Waals surface area contributed by atoms with Gasteiger partial charge in [-0.25, -0.2) is 0 Å². The van der Waals surface area contributed by atoms with Crippen molar-refractivity contribution in [3.8, 4) is 5.75 Å². The first-order valence-electron chi connectivity index (χ1n) is 6.30. The van der Waals surface area contributed by atoms with E-state index in [0.29, 0.717) is 25.7 Å². The van der Waals surface area contributed by atoms with Crippen LogP contribution in [0.2, 0.25) is 0 Å². The molecule has 110 valence electrons. The average Bonchev–Trinajstić information content (AvgIpc) is 2.87. The summed E-state index contributed by atoms with van der Waals surface area (Å²) in [6, 6.07) is 3.02. The molecule has 2 rings (SSSR count). The molecule has 0 unspecified atom stereocenters. The fourth-order valence-electron chi connectivity index (χ4n) is 2.84. The Kier molecular flexibility index (Phi) is 3.67. The van der Waals surface area contributed by atoms with E-state index in [1.54, 1.807) is 0 Å². The molecular formula is C14H15F3O3. The summed E-state index contributed by atoms with van der Waals surface area (Å²) in [5, 5.41) is 9.49. The van der Waals surface area contributed by atoms with Crippen LogP contribution in [0.3, 0.4) is 0 Å². The highest BCUT2D eigenvalue weighted by Crippen LogP contribution is 2.46. The monoisotopic (exact) mass is 288 g/mol. The highest BCUT2D eigenvalue weighted by atomic mass is 19.4. The molecule has 1 aliphatic rings. The summed E-state index contributed by atoms with van der Waals surface area (Å²) in [5.41, 5.74) is -1.99. The third kappa shape index (κ3) is 2.34. The maximum atomic E-state index is 12.8. The van der Waals surface area contributed by atoms with Crippen LogP contribution in [-0.4, -0.2) is 18.2 Å². The summed E-state index contributed by atoms with van der Waals surface area (Å²) in [7, 11) is 1.33. The second-order valence-corrected chi connectivity index (χ2v) is 5.01. The van der Waals surface area contributed by atoms with Crippen LogP contribution in [0.25, 0.3) is 0 Å². The van der Waals surface area contributed by atoms with Gasteiger partial charge in [0.1, 0.15) is 5.75 Å². The lowest BCUT2D eigenvalue weighted by Gasteiger charge is -2.27. The molecule has 3 nitrogen and oxygen atoms in total.